The van der Waals surface area contributed by atoms with Gasteiger partial charge in [-0.1, -0.05) is 11.6 Å². The standard InChI is InChI=1S/C26H25ClN4O2/c27-19-1-2-20(28-16-19)17-33-24-8-10-31(26(32)15-24)22-5-6-25-18(13-22)14-23-7-9-29(21-3-4-21)11-12-30(23)25/h1-2,5-6,8,10,13-16,21H,3-4,7,9,11-12,17H2. The SMILES string of the molecule is O=c1cc(OCc2ccc(Cl)cn2)ccn1-c1ccc2c(c1)cc1n2CCN(C2CC2)CC1. The summed E-state index contributed by atoms with van der Waals surface area (Å²) in [7, 11) is 0. The molecule has 0 radical (unpaired) electrons. The number of pyridine rings is 2. The van der Waals surface area contributed by atoms with E-state index in [-0.39, 0.29) is 12.2 Å². The summed E-state index contributed by atoms with van der Waals surface area (Å²) in [6.45, 7) is 3.57. The van der Waals surface area contributed by atoms with Crippen LogP contribution in [0.15, 0.2) is 65.7 Å². The molecule has 6 nitrogen and oxygen atoms in total. The summed E-state index contributed by atoms with van der Waals surface area (Å²) >= 11 is 5.87. The minimum Gasteiger partial charge on any atom is -0.487 e. The molecule has 0 N–H and O–H groups in total. The molecule has 3 aromatic heterocycles. The predicted octanol–water partition coefficient (Wildman–Crippen LogP) is 4.44. The molecule has 0 spiro atoms. The minimum atomic E-state index is -0.128. The Morgan fingerprint density at radius 1 is 1.03 bits per heavy atom. The number of nitrogens with zero attached hydrogens (tertiary/aromatic N) is 4. The predicted molar refractivity (Wildman–Crippen MR) is 129 cm³/mol. The molecule has 4 aromatic rings. The van der Waals surface area contributed by atoms with Crippen molar-refractivity contribution >= 4 is 22.5 Å². The zero-order valence-electron chi connectivity index (χ0n) is 18.3. The summed E-state index contributed by atoms with van der Waals surface area (Å²) in [5.41, 5.74) is 4.12. The molecule has 0 saturated heterocycles. The van der Waals surface area contributed by atoms with Crippen molar-refractivity contribution in [3.05, 3.63) is 87.7 Å². The maximum atomic E-state index is 12.8. The van der Waals surface area contributed by atoms with E-state index in [2.05, 4.69) is 32.7 Å². The quantitative estimate of drug-likeness (QED) is 0.442. The first-order chi connectivity index (χ1) is 16.1. The smallest absolute Gasteiger partial charge is 0.258 e. The van der Waals surface area contributed by atoms with Crippen LogP contribution in [0.1, 0.15) is 24.2 Å². The van der Waals surface area contributed by atoms with Gasteiger partial charge in [-0.15, -0.1) is 0 Å². The summed E-state index contributed by atoms with van der Waals surface area (Å²) in [5, 5.41) is 1.77. The first-order valence-corrected chi connectivity index (χ1v) is 11.8. The average molecular weight is 461 g/mol. The van der Waals surface area contributed by atoms with Gasteiger partial charge in [0.1, 0.15) is 12.4 Å². The molecule has 1 aliphatic heterocycles. The third kappa shape index (κ3) is 4.16. The van der Waals surface area contributed by atoms with Gasteiger partial charge in [0.15, 0.2) is 0 Å². The van der Waals surface area contributed by atoms with Gasteiger partial charge in [-0.05, 0) is 55.3 Å². The van der Waals surface area contributed by atoms with E-state index in [4.69, 9.17) is 16.3 Å². The van der Waals surface area contributed by atoms with E-state index < -0.39 is 0 Å². The second kappa shape index (κ2) is 8.36. The Morgan fingerprint density at radius 2 is 1.94 bits per heavy atom. The van der Waals surface area contributed by atoms with E-state index in [0.29, 0.717) is 10.8 Å². The lowest BCUT2D eigenvalue weighted by atomic mass is 10.2. The van der Waals surface area contributed by atoms with Crippen LogP contribution in [0.2, 0.25) is 5.02 Å². The monoisotopic (exact) mass is 460 g/mol. The molecule has 168 valence electrons. The molecule has 0 bridgehead atoms. The third-order valence-electron chi connectivity index (χ3n) is 6.64. The lowest BCUT2D eigenvalue weighted by Gasteiger charge is -2.18. The molecular weight excluding hydrogens is 436 g/mol. The first kappa shape index (κ1) is 20.5. The molecule has 2 aliphatic rings. The normalized spacial score (nSPS) is 16.5. The first-order valence-electron chi connectivity index (χ1n) is 11.5. The molecule has 0 unspecified atom stereocenters. The van der Waals surface area contributed by atoms with Crippen LogP contribution in [0.25, 0.3) is 16.6 Å². The Bertz CT molecular complexity index is 1370. The highest BCUT2D eigenvalue weighted by Gasteiger charge is 2.30. The van der Waals surface area contributed by atoms with E-state index in [1.165, 1.54) is 35.5 Å². The van der Waals surface area contributed by atoms with Gasteiger partial charge in [-0.3, -0.25) is 19.2 Å². The molecule has 1 fully saturated rings. The van der Waals surface area contributed by atoms with Gasteiger partial charge in [0.25, 0.3) is 5.56 Å². The summed E-state index contributed by atoms with van der Waals surface area (Å²) in [6.07, 6.45) is 7.14. The van der Waals surface area contributed by atoms with E-state index in [1.54, 1.807) is 23.0 Å². The van der Waals surface area contributed by atoms with Crippen LogP contribution in [-0.4, -0.2) is 38.1 Å². The topological polar surface area (TPSA) is 52.3 Å². The number of rotatable bonds is 5. The van der Waals surface area contributed by atoms with Gasteiger partial charge >= 0.3 is 0 Å². The summed E-state index contributed by atoms with van der Waals surface area (Å²) in [4.78, 5) is 19.7. The number of hydrogen-bond acceptors (Lipinski definition) is 4. The molecule has 4 heterocycles. The van der Waals surface area contributed by atoms with Gasteiger partial charge in [-0.25, -0.2) is 0 Å². The van der Waals surface area contributed by atoms with Gasteiger partial charge in [0.05, 0.1) is 10.7 Å². The van der Waals surface area contributed by atoms with Gasteiger partial charge in [-0.2, -0.15) is 0 Å². The van der Waals surface area contributed by atoms with E-state index in [9.17, 15) is 4.79 Å². The maximum absolute atomic E-state index is 12.8. The minimum absolute atomic E-state index is 0.128. The summed E-state index contributed by atoms with van der Waals surface area (Å²) in [5.74, 6) is 0.518. The van der Waals surface area contributed by atoms with Crippen molar-refractivity contribution in [1.29, 1.82) is 0 Å². The fourth-order valence-corrected chi connectivity index (χ4v) is 4.86. The number of benzene rings is 1. The molecule has 33 heavy (non-hydrogen) atoms. The summed E-state index contributed by atoms with van der Waals surface area (Å²) in [6, 6.07) is 16.3. The lowest BCUT2D eigenvalue weighted by Crippen LogP contribution is -2.29. The molecule has 0 amide bonds. The average Bonchev–Trinajstić information content (AvgIpc) is 3.63. The highest BCUT2D eigenvalue weighted by Crippen LogP contribution is 2.30. The molecule has 1 aliphatic carbocycles. The zero-order chi connectivity index (χ0) is 22.4. The van der Waals surface area contributed by atoms with Crippen molar-refractivity contribution < 1.29 is 4.74 Å². The van der Waals surface area contributed by atoms with Crippen LogP contribution in [0.5, 0.6) is 5.75 Å². The Labute approximate surface area is 197 Å². The largest absolute Gasteiger partial charge is 0.487 e. The number of halogens is 1. The van der Waals surface area contributed by atoms with Gasteiger partial charge in [0, 0.05) is 72.8 Å². The number of ether oxygens (including phenoxy) is 1. The van der Waals surface area contributed by atoms with Crippen LogP contribution in [0, 0.1) is 0 Å². The van der Waals surface area contributed by atoms with Crippen LogP contribution >= 0.6 is 11.6 Å². The fourth-order valence-electron chi connectivity index (χ4n) is 4.75. The van der Waals surface area contributed by atoms with Crippen LogP contribution in [-0.2, 0) is 19.6 Å². The van der Waals surface area contributed by atoms with Crippen LogP contribution in [0.4, 0.5) is 0 Å². The van der Waals surface area contributed by atoms with E-state index in [0.717, 1.165) is 43.5 Å². The Balaban J connectivity index is 1.22. The maximum Gasteiger partial charge on any atom is 0.258 e. The zero-order valence-corrected chi connectivity index (χ0v) is 19.0. The van der Waals surface area contributed by atoms with Crippen molar-refractivity contribution in [2.75, 3.05) is 13.1 Å². The second-order valence-corrected chi connectivity index (χ2v) is 9.31. The number of aromatic nitrogens is 3. The van der Waals surface area contributed by atoms with Gasteiger partial charge < -0.3 is 9.30 Å². The second-order valence-electron chi connectivity index (χ2n) is 8.87. The van der Waals surface area contributed by atoms with E-state index >= 15 is 0 Å². The highest BCUT2D eigenvalue weighted by atomic mass is 35.5. The van der Waals surface area contributed by atoms with Crippen molar-refractivity contribution in [2.24, 2.45) is 0 Å². The number of hydrogen-bond donors (Lipinski definition) is 0. The van der Waals surface area contributed by atoms with Crippen LogP contribution < -0.4 is 10.3 Å². The highest BCUT2D eigenvalue weighted by molar-refractivity contribution is 6.30. The molecular formula is C26H25ClN4O2. The molecule has 0 atom stereocenters. The van der Waals surface area contributed by atoms with Crippen molar-refractivity contribution in [3.63, 3.8) is 0 Å². The Hall–Kier alpha value is -3.09. The molecule has 7 heteroatoms. The lowest BCUT2D eigenvalue weighted by molar-refractivity contribution is 0.270. The van der Waals surface area contributed by atoms with Crippen LogP contribution in [0.3, 0.4) is 0 Å². The molecule has 1 aromatic carbocycles. The van der Waals surface area contributed by atoms with E-state index in [1.807, 2.05) is 18.2 Å². The molecule has 1 saturated carbocycles. The Kier molecular flexibility index (Phi) is 5.19. The van der Waals surface area contributed by atoms with Crippen molar-refractivity contribution in [1.82, 2.24) is 19.0 Å². The molecule has 6 rings (SSSR count). The number of fused-ring (bicyclic) bond motifs is 3. The fraction of sp³-hybridized carbons (Fsp3) is 0.308. The van der Waals surface area contributed by atoms with Gasteiger partial charge in [0.2, 0.25) is 0 Å². The Morgan fingerprint density at radius 3 is 2.73 bits per heavy atom. The third-order valence-corrected chi connectivity index (χ3v) is 6.87. The van der Waals surface area contributed by atoms with Crippen molar-refractivity contribution in [3.8, 4) is 11.4 Å². The van der Waals surface area contributed by atoms with Crippen molar-refractivity contribution in [2.45, 2.75) is 38.5 Å². The summed E-state index contributed by atoms with van der Waals surface area (Å²) < 4.78 is 9.85.